The Bertz CT molecular complexity index is 1050. The first-order chi connectivity index (χ1) is 12.5. The first kappa shape index (κ1) is 17.1. The van der Waals surface area contributed by atoms with Crippen molar-refractivity contribution in [1.82, 2.24) is 19.5 Å². The summed E-state index contributed by atoms with van der Waals surface area (Å²) >= 11 is 6.37. The van der Waals surface area contributed by atoms with E-state index in [1.807, 2.05) is 30.4 Å². The fraction of sp³-hybridized carbons (Fsp3) is 0.389. The molecule has 3 aromatic rings. The Labute approximate surface area is 155 Å². The highest BCUT2D eigenvalue weighted by Crippen LogP contribution is 2.43. The fourth-order valence-electron chi connectivity index (χ4n) is 3.84. The fourth-order valence-corrected chi connectivity index (χ4v) is 4.07. The monoisotopic (exact) mass is 374 g/mol. The number of hydrogen-bond acceptors (Lipinski definition) is 5. The van der Waals surface area contributed by atoms with Crippen molar-refractivity contribution in [3.05, 3.63) is 34.1 Å². The minimum absolute atomic E-state index is 0.0490. The number of methoxy groups -OCH3 is 2. The summed E-state index contributed by atoms with van der Waals surface area (Å²) in [5, 5.41) is 10.1. The number of benzene rings is 1. The van der Waals surface area contributed by atoms with E-state index in [1.54, 1.807) is 12.0 Å². The number of fused-ring (bicyclic) bond motifs is 6. The molecule has 1 aliphatic heterocycles. The molecule has 0 saturated heterocycles. The quantitative estimate of drug-likeness (QED) is 0.705. The molecule has 0 N–H and O–H groups in total. The van der Waals surface area contributed by atoms with E-state index in [1.165, 1.54) is 7.11 Å². The summed E-state index contributed by atoms with van der Waals surface area (Å²) in [6.45, 7) is 4.43. The van der Waals surface area contributed by atoms with Gasteiger partial charge in [0.2, 0.25) is 5.91 Å². The minimum atomic E-state index is -0.108. The molecule has 0 radical (unpaired) electrons. The topological polar surface area (TPSA) is 69.0 Å². The molecule has 1 amide bonds. The third-order valence-electron chi connectivity index (χ3n) is 5.02. The lowest BCUT2D eigenvalue weighted by molar-refractivity contribution is -0.137. The molecule has 0 saturated carbocycles. The Balaban J connectivity index is 2.05. The van der Waals surface area contributed by atoms with E-state index < -0.39 is 0 Å². The van der Waals surface area contributed by atoms with Crippen molar-refractivity contribution in [2.24, 2.45) is 0 Å². The molecule has 3 heterocycles. The van der Waals surface area contributed by atoms with Crippen molar-refractivity contribution in [1.29, 1.82) is 0 Å². The van der Waals surface area contributed by atoms with Gasteiger partial charge in [0.15, 0.2) is 5.65 Å². The van der Waals surface area contributed by atoms with Crippen LogP contribution in [0.5, 0.6) is 5.75 Å². The van der Waals surface area contributed by atoms with Gasteiger partial charge in [-0.05, 0) is 31.5 Å². The molecule has 1 aliphatic rings. The Morgan fingerprint density at radius 2 is 2.12 bits per heavy atom. The van der Waals surface area contributed by atoms with Gasteiger partial charge in [-0.3, -0.25) is 9.20 Å². The van der Waals surface area contributed by atoms with E-state index in [2.05, 4.69) is 10.2 Å². The second kappa shape index (κ2) is 6.10. The lowest BCUT2D eigenvalue weighted by atomic mass is 10.00. The number of pyridine rings is 1. The van der Waals surface area contributed by atoms with E-state index in [9.17, 15) is 4.79 Å². The summed E-state index contributed by atoms with van der Waals surface area (Å²) in [6.07, 6.45) is 0. The number of aryl methyl sites for hydroxylation is 1. The number of rotatable bonds is 3. The lowest BCUT2D eigenvalue weighted by Gasteiger charge is -2.22. The number of nitrogens with zero attached hydrogens (tertiary/aromatic N) is 4. The number of hydrogen-bond donors (Lipinski definition) is 0. The second-order valence-corrected chi connectivity index (χ2v) is 6.84. The zero-order valence-electron chi connectivity index (χ0n) is 15.0. The third-order valence-corrected chi connectivity index (χ3v) is 5.32. The molecule has 0 spiro atoms. The molecule has 0 bridgehead atoms. The van der Waals surface area contributed by atoms with Gasteiger partial charge in [0.1, 0.15) is 18.2 Å². The van der Waals surface area contributed by atoms with E-state index in [4.69, 9.17) is 21.1 Å². The average molecular weight is 375 g/mol. The first-order valence-electron chi connectivity index (χ1n) is 8.30. The van der Waals surface area contributed by atoms with Crippen molar-refractivity contribution >= 4 is 34.1 Å². The highest BCUT2D eigenvalue weighted by Gasteiger charge is 2.35. The molecular formula is C18H19ClN4O3. The van der Waals surface area contributed by atoms with Crippen LogP contribution in [0, 0.1) is 6.92 Å². The van der Waals surface area contributed by atoms with Gasteiger partial charge < -0.3 is 14.4 Å². The van der Waals surface area contributed by atoms with Gasteiger partial charge in [0.05, 0.1) is 30.2 Å². The van der Waals surface area contributed by atoms with Gasteiger partial charge in [0, 0.05) is 18.1 Å². The first-order valence-corrected chi connectivity index (χ1v) is 8.67. The number of carbonyl (C=O) groups excluding carboxylic acids is 1. The highest BCUT2D eigenvalue weighted by molar-refractivity contribution is 6.32. The van der Waals surface area contributed by atoms with Crippen LogP contribution in [0.25, 0.3) is 16.6 Å². The molecule has 0 fully saturated rings. The summed E-state index contributed by atoms with van der Waals surface area (Å²) in [5.74, 6) is 1.31. The third kappa shape index (κ3) is 2.27. The zero-order valence-corrected chi connectivity index (χ0v) is 15.8. The van der Waals surface area contributed by atoms with Gasteiger partial charge in [-0.1, -0.05) is 11.6 Å². The molecule has 2 aromatic heterocycles. The van der Waals surface area contributed by atoms with Crippen LogP contribution in [0.2, 0.25) is 5.02 Å². The Morgan fingerprint density at radius 1 is 1.35 bits per heavy atom. The van der Waals surface area contributed by atoms with Crippen molar-refractivity contribution in [2.45, 2.75) is 26.4 Å². The Hall–Kier alpha value is -2.38. The normalized spacial score (nSPS) is 16.5. The van der Waals surface area contributed by atoms with Crippen LogP contribution in [0.1, 0.15) is 29.9 Å². The number of aromatic nitrogens is 3. The summed E-state index contributed by atoms with van der Waals surface area (Å²) in [6, 6.07) is 3.69. The average Bonchev–Trinajstić information content (AvgIpc) is 3.16. The maximum absolute atomic E-state index is 12.5. The van der Waals surface area contributed by atoms with Crippen LogP contribution in [-0.2, 0) is 16.1 Å². The summed E-state index contributed by atoms with van der Waals surface area (Å²) in [4.78, 5) is 14.3. The molecular weight excluding hydrogens is 356 g/mol. The largest absolute Gasteiger partial charge is 0.495 e. The molecule has 8 heteroatoms. The van der Waals surface area contributed by atoms with Gasteiger partial charge in [-0.25, -0.2) is 0 Å². The number of ether oxygens (including phenoxy) is 2. The van der Waals surface area contributed by atoms with Crippen LogP contribution >= 0.6 is 11.6 Å². The smallest absolute Gasteiger partial charge is 0.249 e. The standard InChI is InChI=1S/C18H19ClN4O3/c1-9-17-11-5-15(26-4)13(19)6-14(11)23-10(2)20-21-18(23)12(17)7-22(9)16(24)8-25-3/h5-6,9H,7-8H2,1-4H3/t9-/m0/s1. The van der Waals surface area contributed by atoms with Crippen molar-refractivity contribution in [3.8, 4) is 5.75 Å². The Kier molecular flexibility index (Phi) is 4.00. The number of amides is 1. The molecule has 0 aliphatic carbocycles. The van der Waals surface area contributed by atoms with E-state index in [0.29, 0.717) is 17.3 Å². The molecule has 4 rings (SSSR count). The van der Waals surface area contributed by atoms with Crippen LogP contribution in [0.4, 0.5) is 0 Å². The van der Waals surface area contributed by atoms with Crippen molar-refractivity contribution in [3.63, 3.8) is 0 Å². The van der Waals surface area contributed by atoms with E-state index in [0.717, 1.165) is 33.5 Å². The number of carbonyl (C=O) groups is 1. The molecule has 0 unspecified atom stereocenters. The van der Waals surface area contributed by atoms with Crippen LogP contribution in [0.15, 0.2) is 12.1 Å². The molecule has 1 aromatic carbocycles. The van der Waals surface area contributed by atoms with Gasteiger partial charge in [-0.15, -0.1) is 10.2 Å². The minimum Gasteiger partial charge on any atom is -0.495 e. The Morgan fingerprint density at radius 3 is 2.81 bits per heavy atom. The summed E-state index contributed by atoms with van der Waals surface area (Å²) < 4.78 is 12.4. The van der Waals surface area contributed by atoms with Crippen molar-refractivity contribution in [2.75, 3.05) is 20.8 Å². The lowest BCUT2D eigenvalue weighted by Crippen LogP contribution is -2.31. The second-order valence-electron chi connectivity index (χ2n) is 6.43. The predicted octanol–water partition coefficient (Wildman–Crippen LogP) is 2.90. The molecule has 136 valence electrons. The maximum Gasteiger partial charge on any atom is 0.249 e. The van der Waals surface area contributed by atoms with Crippen LogP contribution in [-0.4, -0.2) is 46.2 Å². The zero-order chi connectivity index (χ0) is 18.6. The molecule has 1 atom stereocenters. The highest BCUT2D eigenvalue weighted by atomic mass is 35.5. The molecule has 7 nitrogen and oxygen atoms in total. The summed E-state index contributed by atoms with van der Waals surface area (Å²) in [7, 11) is 3.11. The van der Waals surface area contributed by atoms with Crippen molar-refractivity contribution < 1.29 is 14.3 Å². The van der Waals surface area contributed by atoms with Gasteiger partial charge in [0.25, 0.3) is 0 Å². The van der Waals surface area contributed by atoms with Gasteiger partial charge in [-0.2, -0.15) is 0 Å². The predicted molar refractivity (Wildman–Crippen MR) is 97.6 cm³/mol. The SMILES string of the molecule is COCC(=O)N1Cc2c(c3cc(OC)c(Cl)cc3n3c(C)nnc23)[C@@H]1C. The maximum atomic E-state index is 12.5. The molecule has 26 heavy (non-hydrogen) atoms. The van der Waals surface area contributed by atoms with Gasteiger partial charge >= 0.3 is 0 Å². The van der Waals surface area contributed by atoms with Crippen LogP contribution in [0.3, 0.4) is 0 Å². The number of halogens is 1. The summed E-state index contributed by atoms with van der Waals surface area (Å²) in [5.41, 5.74) is 3.71. The van der Waals surface area contributed by atoms with Crippen LogP contribution < -0.4 is 4.74 Å². The van der Waals surface area contributed by atoms with E-state index >= 15 is 0 Å². The van der Waals surface area contributed by atoms with E-state index in [-0.39, 0.29) is 18.6 Å².